The number of alkyl halides is 3. The molecule has 0 unspecified atom stereocenters. The van der Waals surface area contributed by atoms with Crippen LogP contribution in [0.3, 0.4) is 0 Å². The number of aliphatic imine (C=N–C) groups is 1. The van der Waals surface area contributed by atoms with E-state index >= 15 is 0 Å². The molecule has 3 aromatic carbocycles. The van der Waals surface area contributed by atoms with Gasteiger partial charge in [0.25, 0.3) is 0 Å². The number of phenols is 1. The van der Waals surface area contributed by atoms with Gasteiger partial charge in [-0.25, -0.2) is 4.99 Å². The Morgan fingerprint density at radius 1 is 1.06 bits per heavy atom. The van der Waals surface area contributed by atoms with E-state index in [1.165, 1.54) is 23.9 Å². The zero-order valence-electron chi connectivity index (χ0n) is 19.6. The Morgan fingerprint density at radius 2 is 1.77 bits per heavy atom. The molecule has 0 atom stereocenters. The fourth-order valence-electron chi connectivity index (χ4n) is 3.35. The van der Waals surface area contributed by atoms with Crippen molar-refractivity contribution >= 4 is 34.2 Å². The summed E-state index contributed by atoms with van der Waals surface area (Å²) in [6.07, 6.45) is -4.59. The number of thioether (sulfide) groups is 1. The molecule has 35 heavy (non-hydrogen) atoms. The second-order valence-electron chi connectivity index (χ2n) is 8.01. The van der Waals surface area contributed by atoms with Crippen molar-refractivity contribution in [3.63, 3.8) is 0 Å². The Morgan fingerprint density at radius 3 is 2.40 bits per heavy atom. The van der Waals surface area contributed by atoms with Gasteiger partial charge in [0.15, 0.2) is 5.17 Å². The van der Waals surface area contributed by atoms with Crippen LogP contribution in [-0.4, -0.2) is 35.4 Å². The molecule has 3 rings (SSSR count). The number of amidine groups is 1. The van der Waals surface area contributed by atoms with E-state index in [4.69, 9.17) is 16.3 Å². The Hall–Kier alpha value is -2.68. The molecule has 0 spiro atoms. The van der Waals surface area contributed by atoms with Gasteiger partial charge in [-0.05, 0) is 61.4 Å². The van der Waals surface area contributed by atoms with E-state index in [-0.39, 0.29) is 16.5 Å². The standard InChI is InChI=1S/C26H26ClF3N2O2S/c1-17-4-11-24(18(2)14-17)35-25(31-20-7-10-23(27)22(15-20)26(28,29)30)32(12-13-34-3)16-19-5-8-21(33)9-6-19/h4-11,14-15,33H,12-13,16H2,1-3H3. The minimum absolute atomic E-state index is 0.141. The summed E-state index contributed by atoms with van der Waals surface area (Å²) >= 11 is 7.19. The maximum Gasteiger partial charge on any atom is 0.417 e. The Bertz CT molecular complexity index is 1180. The lowest BCUT2D eigenvalue weighted by molar-refractivity contribution is -0.137. The fourth-order valence-corrected chi connectivity index (χ4v) is 4.56. The van der Waals surface area contributed by atoms with Crippen molar-refractivity contribution in [3.05, 3.63) is 87.9 Å². The first-order valence-electron chi connectivity index (χ1n) is 10.8. The number of hydrogen-bond donors (Lipinski definition) is 1. The van der Waals surface area contributed by atoms with Gasteiger partial charge in [0, 0.05) is 25.1 Å². The van der Waals surface area contributed by atoms with Crippen molar-refractivity contribution in [2.24, 2.45) is 4.99 Å². The average Bonchev–Trinajstić information content (AvgIpc) is 2.79. The molecule has 4 nitrogen and oxygen atoms in total. The largest absolute Gasteiger partial charge is 0.508 e. The van der Waals surface area contributed by atoms with Crippen LogP contribution < -0.4 is 0 Å². The van der Waals surface area contributed by atoms with Crippen LogP contribution in [0.2, 0.25) is 5.02 Å². The average molecular weight is 523 g/mol. The van der Waals surface area contributed by atoms with E-state index in [0.29, 0.717) is 24.9 Å². The van der Waals surface area contributed by atoms with Crippen LogP contribution in [0, 0.1) is 13.8 Å². The zero-order valence-corrected chi connectivity index (χ0v) is 21.1. The van der Waals surface area contributed by atoms with Crippen LogP contribution in [-0.2, 0) is 17.5 Å². The molecule has 0 saturated heterocycles. The summed E-state index contributed by atoms with van der Waals surface area (Å²) in [6.45, 7) is 5.24. The first kappa shape index (κ1) is 26.9. The molecule has 0 aliphatic heterocycles. The number of nitrogens with zero attached hydrogens (tertiary/aromatic N) is 2. The predicted octanol–water partition coefficient (Wildman–Crippen LogP) is 7.61. The number of phenolic OH excluding ortho intramolecular Hbond substituents is 1. The SMILES string of the molecule is COCCN(Cc1ccc(O)cc1)C(=Nc1ccc(Cl)c(C(F)(F)F)c1)Sc1ccc(C)cc1C. The maximum atomic E-state index is 13.5. The zero-order chi connectivity index (χ0) is 25.6. The molecular formula is C26H26ClF3N2O2S. The van der Waals surface area contributed by atoms with Crippen molar-refractivity contribution in [1.82, 2.24) is 4.90 Å². The van der Waals surface area contributed by atoms with Crippen LogP contribution in [0.4, 0.5) is 18.9 Å². The molecule has 0 heterocycles. The Labute approximate surface area is 212 Å². The molecule has 1 N–H and O–H groups in total. The van der Waals surface area contributed by atoms with Crippen LogP contribution in [0.1, 0.15) is 22.3 Å². The summed E-state index contributed by atoms with van der Waals surface area (Å²) in [5.74, 6) is 0.150. The number of halogens is 4. The monoisotopic (exact) mass is 522 g/mol. The number of methoxy groups -OCH3 is 1. The highest BCUT2D eigenvalue weighted by atomic mass is 35.5. The first-order valence-corrected chi connectivity index (χ1v) is 12.0. The van der Waals surface area contributed by atoms with E-state index in [1.54, 1.807) is 31.4 Å². The van der Waals surface area contributed by atoms with Gasteiger partial charge >= 0.3 is 6.18 Å². The minimum Gasteiger partial charge on any atom is -0.508 e. The molecule has 0 fully saturated rings. The Kier molecular flexibility index (Phi) is 9.10. The number of benzene rings is 3. The number of hydrogen-bond acceptors (Lipinski definition) is 4. The van der Waals surface area contributed by atoms with Crippen molar-refractivity contribution in [3.8, 4) is 5.75 Å². The molecule has 3 aromatic rings. The molecule has 9 heteroatoms. The molecule has 0 aliphatic carbocycles. The van der Waals surface area contributed by atoms with Gasteiger partial charge in [-0.3, -0.25) is 0 Å². The lowest BCUT2D eigenvalue weighted by Crippen LogP contribution is -2.31. The molecule has 0 bridgehead atoms. The minimum atomic E-state index is -4.59. The van der Waals surface area contributed by atoms with E-state index in [1.807, 2.05) is 36.9 Å². The summed E-state index contributed by atoms with van der Waals surface area (Å²) in [5, 5.41) is 9.77. The summed E-state index contributed by atoms with van der Waals surface area (Å²) in [7, 11) is 1.58. The van der Waals surface area contributed by atoms with Gasteiger partial charge in [-0.15, -0.1) is 0 Å². The first-order chi connectivity index (χ1) is 16.6. The molecule has 186 valence electrons. The van der Waals surface area contributed by atoms with Crippen molar-refractivity contribution < 1.29 is 23.0 Å². The maximum absolute atomic E-state index is 13.5. The highest BCUT2D eigenvalue weighted by Gasteiger charge is 2.33. The summed E-state index contributed by atoms with van der Waals surface area (Å²) in [6, 6.07) is 16.4. The van der Waals surface area contributed by atoms with Gasteiger partial charge in [-0.2, -0.15) is 13.2 Å². The number of rotatable bonds is 7. The van der Waals surface area contributed by atoms with Crippen LogP contribution in [0.25, 0.3) is 0 Å². The van der Waals surface area contributed by atoms with Crippen molar-refractivity contribution in [1.29, 1.82) is 0 Å². The summed E-state index contributed by atoms with van der Waals surface area (Å²) in [4.78, 5) is 7.53. The lowest BCUT2D eigenvalue weighted by atomic mass is 10.2. The quantitative estimate of drug-likeness (QED) is 0.197. The predicted molar refractivity (Wildman–Crippen MR) is 136 cm³/mol. The van der Waals surface area contributed by atoms with Crippen molar-refractivity contribution in [2.45, 2.75) is 31.5 Å². The number of ether oxygens (including phenoxy) is 1. The third kappa shape index (κ3) is 7.65. The lowest BCUT2D eigenvalue weighted by Gasteiger charge is -2.26. The van der Waals surface area contributed by atoms with E-state index < -0.39 is 11.7 Å². The smallest absolute Gasteiger partial charge is 0.417 e. The van der Waals surface area contributed by atoms with Crippen molar-refractivity contribution in [2.75, 3.05) is 20.3 Å². The highest BCUT2D eigenvalue weighted by Crippen LogP contribution is 2.37. The molecule has 0 aromatic heterocycles. The summed E-state index contributed by atoms with van der Waals surface area (Å²) < 4.78 is 45.7. The normalized spacial score (nSPS) is 12.1. The van der Waals surface area contributed by atoms with Crippen LogP contribution in [0.15, 0.2) is 70.6 Å². The molecule has 0 aliphatic rings. The van der Waals surface area contributed by atoms with Gasteiger partial charge < -0.3 is 14.7 Å². The van der Waals surface area contributed by atoms with Crippen LogP contribution >= 0.6 is 23.4 Å². The number of aromatic hydroxyl groups is 1. The second kappa shape index (κ2) is 11.8. The van der Waals surface area contributed by atoms with E-state index in [9.17, 15) is 18.3 Å². The third-order valence-corrected chi connectivity index (χ3v) is 6.70. The van der Waals surface area contributed by atoms with Gasteiger partial charge in [0.2, 0.25) is 0 Å². The molecular weight excluding hydrogens is 497 g/mol. The number of aryl methyl sites for hydroxylation is 2. The van der Waals surface area contributed by atoms with E-state index in [2.05, 4.69) is 4.99 Å². The van der Waals surface area contributed by atoms with Gasteiger partial charge in [-0.1, -0.05) is 53.2 Å². The molecule has 0 saturated carbocycles. The van der Waals surface area contributed by atoms with Gasteiger partial charge in [0.1, 0.15) is 5.75 Å². The topological polar surface area (TPSA) is 45.1 Å². The second-order valence-corrected chi connectivity index (χ2v) is 9.42. The molecule has 0 radical (unpaired) electrons. The Balaban J connectivity index is 2.08. The fraction of sp³-hybridized carbons (Fsp3) is 0.269. The summed E-state index contributed by atoms with van der Waals surface area (Å²) in [5.41, 5.74) is 2.25. The molecule has 0 amide bonds. The third-order valence-electron chi connectivity index (χ3n) is 5.16. The van der Waals surface area contributed by atoms with Crippen LogP contribution in [0.5, 0.6) is 5.75 Å². The van der Waals surface area contributed by atoms with Gasteiger partial charge in [0.05, 0.1) is 22.9 Å². The van der Waals surface area contributed by atoms with E-state index in [0.717, 1.165) is 27.7 Å². The highest BCUT2D eigenvalue weighted by molar-refractivity contribution is 8.13.